The van der Waals surface area contributed by atoms with Crippen molar-refractivity contribution in [2.45, 2.75) is 32.2 Å². The fourth-order valence-electron chi connectivity index (χ4n) is 2.73. The molecule has 3 rings (SSSR count). The molecule has 0 spiro atoms. The van der Waals surface area contributed by atoms with Gasteiger partial charge in [-0.1, -0.05) is 60.7 Å². The van der Waals surface area contributed by atoms with Crippen LogP contribution in [-0.2, 0) is 27.4 Å². The maximum Gasteiger partial charge on any atom is 0.411 e. The van der Waals surface area contributed by atoms with Gasteiger partial charge in [0.25, 0.3) is 0 Å². The molecule has 1 saturated heterocycles. The van der Waals surface area contributed by atoms with Gasteiger partial charge < -0.3 is 9.47 Å². The van der Waals surface area contributed by atoms with Crippen LogP contribution in [0, 0.1) is 0 Å². The summed E-state index contributed by atoms with van der Waals surface area (Å²) < 4.78 is 10.6. The van der Waals surface area contributed by atoms with Crippen molar-refractivity contribution in [2.75, 3.05) is 0 Å². The minimum atomic E-state index is -0.735. The molecule has 1 aliphatic rings. The molecule has 0 N–H and O–H groups in total. The topological polar surface area (TPSA) is 55.8 Å². The summed E-state index contributed by atoms with van der Waals surface area (Å²) in [5.41, 5.74) is 1.84. The summed E-state index contributed by atoms with van der Waals surface area (Å²) in [6, 6.07) is 18.2. The third-order valence-corrected chi connectivity index (χ3v) is 3.96. The molecule has 1 fully saturated rings. The molecule has 124 valence electrons. The molecule has 2 atom stereocenters. The number of amides is 1. The van der Waals surface area contributed by atoms with E-state index < -0.39 is 24.2 Å². The van der Waals surface area contributed by atoms with E-state index in [4.69, 9.17) is 9.47 Å². The molecular weight excluding hydrogens is 306 g/mol. The van der Waals surface area contributed by atoms with Crippen molar-refractivity contribution in [1.82, 2.24) is 4.90 Å². The van der Waals surface area contributed by atoms with Crippen molar-refractivity contribution < 1.29 is 19.1 Å². The quantitative estimate of drug-likeness (QED) is 0.793. The van der Waals surface area contributed by atoms with Gasteiger partial charge in [0.15, 0.2) is 6.04 Å². The SMILES string of the molecule is C[C@H]1OC(=O)N(Cc2ccccc2)[C@@H]1C(=O)OCc1ccccc1. The van der Waals surface area contributed by atoms with Crippen molar-refractivity contribution in [1.29, 1.82) is 0 Å². The van der Waals surface area contributed by atoms with Gasteiger partial charge in [0.1, 0.15) is 12.7 Å². The second-order valence-corrected chi connectivity index (χ2v) is 5.74. The van der Waals surface area contributed by atoms with E-state index in [0.29, 0.717) is 6.54 Å². The molecule has 0 radical (unpaired) electrons. The lowest BCUT2D eigenvalue weighted by molar-refractivity contribution is -0.151. The zero-order valence-electron chi connectivity index (χ0n) is 13.4. The third-order valence-electron chi connectivity index (χ3n) is 3.96. The van der Waals surface area contributed by atoms with E-state index in [2.05, 4.69) is 0 Å². The van der Waals surface area contributed by atoms with Gasteiger partial charge in [0.05, 0.1) is 6.54 Å². The Morgan fingerprint density at radius 2 is 1.62 bits per heavy atom. The number of ether oxygens (including phenoxy) is 2. The van der Waals surface area contributed by atoms with Gasteiger partial charge in [0, 0.05) is 0 Å². The number of esters is 1. The Balaban J connectivity index is 1.69. The van der Waals surface area contributed by atoms with Crippen LogP contribution < -0.4 is 0 Å². The van der Waals surface area contributed by atoms with E-state index in [1.54, 1.807) is 6.92 Å². The number of hydrogen-bond acceptors (Lipinski definition) is 4. The zero-order valence-corrected chi connectivity index (χ0v) is 13.4. The predicted molar refractivity (Wildman–Crippen MR) is 88.0 cm³/mol. The molecule has 1 amide bonds. The number of nitrogens with zero attached hydrogens (tertiary/aromatic N) is 1. The molecule has 24 heavy (non-hydrogen) atoms. The highest BCUT2D eigenvalue weighted by atomic mass is 16.6. The third kappa shape index (κ3) is 3.56. The van der Waals surface area contributed by atoms with Crippen molar-refractivity contribution in [3.05, 3.63) is 71.8 Å². The largest absolute Gasteiger partial charge is 0.459 e. The number of hydrogen-bond donors (Lipinski definition) is 0. The van der Waals surface area contributed by atoms with Gasteiger partial charge in [-0.25, -0.2) is 9.59 Å². The molecular formula is C19H19NO4. The smallest absolute Gasteiger partial charge is 0.411 e. The van der Waals surface area contributed by atoms with Gasteiger partial charge in [-0.2, -0.15) is 0 Å². The first kappa shape index (κ1) is 16.1. The fraction of sp³-hybridized carbons (Fsp3) is 0.263. The lowest BCUT2D eigenvalue weighted by Crippen LogP contribution is -2.42. The van der Waals surface area contributed by atoms with Crippen LogP contribution in [0.5, 0.6) is 0 Å². The van der Waals surface area contributed by atoms with Crippen LogP contribution in [0.15, 0.2) is 60.7 Å². The maximum absolute atomic E-state index is 12.5. The molecule has 0 bridgehead atoms. The van der Waals surface area contributed by atoms with Crippen LogP contribution in [0.4, 0.5) is 4.79 Å². The second-order valence-electron chi connectivity index (χ2n) is 5.74. The summed E-state index contributed by atoms with van der Waals surface area (Å²) in [6.07, 6.45) is -1.03. The second kappa shape index (κ2) is 7.17. The number of benzene rings is 2. The Labute approximate surface area is 140 Å². The molecule has 1 aliphatic heterocycles. The Morgan fingerprint density at radius 3 is 2.25 bits per heavy atom. The highest BCUT2D eigenvalue weighted by Gasteiger charge is 2.44. The lowest BCUT2D eigenvalue weighted by atomic mass is 10.1. The molecule has 0 aromatic heterocycles. The van der Waals surface area contributed by atoms with Gasteiger partial charge >= 0.3 is 12.1 Å². The lowest BCUT2D eigenvalue weighted by Gasteiger charge is -2.22. The summed E-state index contributed by atoms with van der Waals surface area (Å²) in [5.74, 6) is -0.451. The first-order valence-corrected chi connectivity index (χ1v) is 7.87. The van der Waals surface area contributed by atoms with Crippen LogP contribution in [0.1, 0.15) is 18.1 Å². The average Bonchev–Trinajstić information content (AvgIpc) is 2.88. The highest BCUT2D eigenvalue weighted by Crippen LogP contribution is 2.23. The summed E-state index contributed by atoms with van der Waals surface area (Å²) in [7, 11) is 0. The van der Waals surface area contributed by atoms with E-state index in [9.17, 15) is 9.59 Å². The first-order valence-electron chi connectivity index (χ1n) is 7.87. The van der Waals surface area contributed by atoms with Crippen LogP contribution >= 0.6 is 0 Å². The van der Waals surface area contributed by atoms with E-state index in [1.807, 2.05) is 60.7 Å². The highest BCUT2D eigenvalue weighted by molar-refractivity contribution is 5.85. The maximum atomic E-state index is 12.5. The first-order chi connectivity index (χ1) is 11.6. The summed E-state index contributed by atoms with van der Waals surface area (Å²) in [4.78, 5) is 26.0. The molecule has 0 saturated carbocycles. The molecule has 0 unspecified atom stereocenters. The van der Waals surface area contributed by atoms with Gasteiger partial charge in [-0.15, -0.1) is 0 Å². The number of carbonyl (C=O) groups is 2. The van der Waals surface area contributed by atoms with E-state index in [0.717, 1.165) is 11.1 Å². The molecule has 5 heteroatoms. The molecule has 1 heterocycles. The van der Waals surface area contributed by atoms with Crippen LogP contribution in [0.3, 0.4) is 0 Å². The minimum Gasteiger partial charge on any atom is -0.459 e. The number of cyclic esters (lactones) is 1. The van der Waals surface area contributed by atoms with Crippen molar-refractivity contribution >= 4 is 12.1 Å². The number of rotatable bonds is 5. The minimum absolute atomic E-state index is 0.177. The monoisotopic (exact) mass is 325 g/mol. The Kier molecular flexibility index (Phi) is 4.79. The summed E-state index contributed by atoms with van der Waals surface area (Å²) in [6.45, 7) is 2.20. The van der Waals surface area contributed by atoms with E-state index >= 15 is 0 Å². The predicted octanol–water partition coefficient (Wildman–Crippen LogP) is 3.14. The van der Waals surface area contributed by atoms with Crippen molar-refractivity contribution in [2.24, 2.45) is 0 Å². The number of carbonyl (C=O) groups excluding carboxylic acids is 2. The molecule has 0 aliphatic carbocycles. The van der Waals surface area contributed by atoms with Gasteiger partial charge in [-0.3, -0.25) is 4.90 Å². The van der Waals surface area contributed by atoms with Gasteiger partial charge in [0.2, 0.25) is 0 Å². The molecule has 5 nitrogen and oxygen atoms in total. The van der Waals surface area contributed by atoms with Crippen molar-refractivity contribution in [3.8, 4) is 0 Å². The Bertz CT molecular complexity index is 702. The van der Waals surface area contributed by atoms with Crippen molar-refractivity contribution in [3.63, 3.8) is 0 Å². The van der Waals surface area contributed by atoms with Crippen LogP contribution in [0.2, 0.25) is 0 Å². The summed E-state index contributed by atoms with van der Waals surface area (Å²) >= 11 is 0. The zero-order chi connectivity index (χ0) is 16.9. The van der Waals surface area contributed by atoms with Crippen LogP contribution in [-0.4, -0.2) is 29.1 Å². The van der Waals surface area contributed by atoms with Gasteiger partial charge in [-0.05, 0) is 18.1 Å². The van der Waals surface area contributed by atoms with E-state index in [-0.39, 0.29) is 6.61 Å². The van der Waals surface area contributed by atoms with E-state index in [1.165, 1.54) is 4.90 Å². The Morgan fingerprint density at radius 1 is 1.04 bits per heavy atom. The van der Waals surface area contributed by atoms with Crippen LogP contribution in [0.25, 0.3) is 0 Å². The average molecular weight is 325 g/mol. The normalized spacial score (nSPS) is 19.9. The summed E-state index contributed by atoms with van der Waals surface area (Å²) in [5, 5.41) is 0. The fourth-order valence-corrected chi connectivity index (χ4v) is 2.73. The standard InChI is InChI=1S/C19H19NO4/c1-14-17(18(21)23-13-16-10-6-3-7-11-16)20(19(22)24-14)12-15-8-4-2-5-9-15/h2-11,14,17H,12-13H2,1H3/t14-,17+/m1/s1. The Hall–Kier alpha value is -2.82. The molecule has 2 aromatic rings. The molecule has 2 aromatic carbocycles.